The van der Waals surface area contributed by atoms with Crippen molar-refractivity contribution in [2.24, 2.45) is 5.92 Å². The van der Waals surface area contributed by atoms with Gasteiger partial charge < -0.3 is 10.1 Å². The third-order valence-electron chi connectivity index (χ3n) is 2.86. The van der Waals surface area contributed by atoms with Crippen molar-refractivity contribution in [2.75, 3.05) is 13.7 Å². The number of benzene rings is 1. The summed E-state index contributed by atoms with van der Waals surface area (Å²) in [6, 6.07) is 10.2. The number of fused-ring (bicyclic) bond motifs is 1. The number of hydrogen-bond acceptors (Lipinski definition) is 3. The lowest BCUT2D eigenvalue weighted by Crippen LogP contribution is -2.19. The lowest BCUT2D eigenvalue weighted by molar-refractivity contribution is 0.399. The van der Waals surface area contributed by atoms with Crippen LogP contribution in [0.3, 0.4) is 0 Å². The average molecular weight is 244 g/mol. The molecule has 18 heavy (non-hydrogen) atoms. The van der Waals surface area contributed by atoms with Gasteiger partial charge in [0.15, 0.2) is 0 Å². The first-order valence-corrected chi connectivity index (χ1v) is 6.34. The summed E-state index contributed by atoms with van der Waals surface area (Å²) in [6.07, 6.45) is 0. The zero-order chi connectivity index (χ0) is 13.0. The molecule has 0 aliphatic heterocycles. The minimum absolute atomic E-state index is 0.653. The van der Waals surface area contributed by atoms with Gasteiger partial charge >= 0.3 is 0 Å². The molecule has 0 bridgehead atoms. The fraction of sp³-hybridized carbons (Fsp3) is 0.400. The Kier molecular flexibility index (Phi) is 4.15. The maximum absolute atomic E-state index is 5.25. The molecule has 1 N–H and O–H groups in total. The molecule has 2 aromatic rings. The molecular formula is C15H20N2O. The zero-order valence-electron chi connectivity index (χ0n) is 11.2. The van der Waals surface area contributed by atoms with Gasteiger partial charge in [0.25, 0.3) is 0 Å². The summed E-state index contributed by atoms with van der Waals surface area (Å²) in [5, 5.41) is 4.65. The van der Waals surface area contributed by atoms with Crippen molar-refractivity contribution in [2.45, 2.75) is 20.4 Å². The number of nitrogens with one attached hydrogen (secondary N) is 1. The number of hydrogen-bond donors (Lipinski definition) is 1. The Hall–Kier alpha value is -1.61. The minimum atomic E-state index is 0.653. The zero-order valence-corrected chi connectivity index (χ0v) is 11.2. The highest BCUT2D eigenvalue weighted by atomic mass is 16.5. The van der Waals surface area contributed by atoms with Gasteiger partial charge in [-0.05, 0) is 24.1 Å². The van der Waals surface area contributed by atoms with E-state index in [0.29, 0.717) is 11.8 Å². The number of para-hydroxylation sites is 1. The quantitative estimate of drug-likeness (QED) is 0.878. The molecule has 3 heteroatoms. The third kappa shape index (κ3) is 2.99. The Labute approximate surface area is 108 Å². The molecule has 0 aliphatic rings. The second-order valence-corrected chi connectivity index (χ2v) is 4.87. The molecule has 0 radical (unpaired) electrons. The van der Waals surface area contributed by atoms with Gasteiger partial charge in [0.2, 0.25) is 5.88 Å². The summed E-state index contributed by atoms with van der Waals surface area (Å²) in [6.45, 7) is 6.27. The van der Waals surface area contributed by atoms with Crippen molar-refractivity contribution in [3.8, 4) is 5.88 Å². The Bertz CT molecular complexity index is 523. The van der Waals surface area contributed by atoms with E-state index in [-0.39, 0.29) is 0 Å². The van der Waals surface area contributed by atoms with Crippen molar-refractivity contribution >= 4 is 10.9 Å². The smallest absolute Gasteiger partial charge is 0.213 e. The summed E-state index contributed by atoms with van der Waals surface area (Å²) in [7, 11) is 1.66. The van der Waals surface area contributed by atoms with Gasteiger partial charge in [0, 0.05) is 18.0 Å². The number of rotatable bonds is 5. The van der Waals surface area contributed by atoms with Gasteiger partial charge in [-0.15, -0.1) is 0 Å². The first-order valence-electron chi connectivity index (χ1n) is 6.34. The van der Waals surface area contributed by atoms with E-state index < -0.39 is 0 Å². The lowest BCUT2D eigenvalue weighted by Gasteiger charge is -2.11. The van der Waals surface area contributed by atoms with Crippen LogP contribution in [-0.4, -0.2) is 18.6 Å². The van der Waals surface area contributed by atoms with E-state index in [1.165, 1.54) is 10.9 Å². The minimum Gasteiger partial charge on any atom is -0.481 e. The fourth-order valence-electron chi connectivity index (χ4n) is 1.97. The molecular weight excluding hydrogens is 224 g/mol. The number of aromatic nitrogens is 1. The van der Waals surface area contributed by atoms with E-state index in [9.17, 15) is 0 Å². The Morgan fingerprint density at radius 1 is 1.28 bits per heavy atom. The highest BCUT2D eigenvalue weighted by molar-refractivity contribution is 5.82. The van der Waals surface area contributed by atoms with Crippen molar-refractivity contribution in [1.29, 1.82) is 0 Å². The molecule has 1 aromatic carbocycles. The SMILES string of the molecule is COc1cc(CNCC(C)C)c2ccccc2n1. The Morgan fingerprint density at radius 3 is 2.78 bits per heavy atom. The van der Waals surface area contributed by atoms with E-state index in [2.05, 4.69) is 30.2 Å². The summed E-state index contributed by atoms with van der Waals surface area (Å²) < 4.78 is 5.25. The van der Waals surface area contributed by atoms with Crippen molar-refractivity contribution in [3.63, 3.8) is 0 Å². The molecule has 0 spiro atoms. The van der Waals surface area contributed by atoms with Crippen LogP contribution in [0.25, 0.3) is 10.9 Å². The average Bonchev–Trinajstić information content (AvgIpc) is 2.38. The fourth-order valence-corrected chi connectivity index (χ4v) is 1.97. The molecule has 0 saturated carbocycles. The highest BCUT2D eigenvalue weighted by Crippen LogP contribution is 2.21. The topological polar surface area (TPSA) is 34.1 Å². The summed E-state index contributed by atoms with van der Waals surface area (Å²) in [5.74, 6) is 1.33. The van der Waals surface area contributed by atoms with E-state index in [4.69, 9.17) is 4.74 Å². The van der Waals surface area contributed by atoms with Crippen molar-refractivity contribution < 1.29 is 4.74 Å². The second-order valence-electron chi connectivity index (χ2n) is 4.87. The molecule has 0 saturated heterocycles. The first-order chi connectivity index (χ1) is 8.70. The van der Waals surface area contributed by atoms with Gasteiger partial charge in [-0.2, -0.15) is 0 Å². The van der Waals surface area contributed by atoms with Gasteiger partial charge in [-0.3, -0.25) is 0 Å². The van der Waals surface area contributed by atoms with Crippen LogP contribution in [-0.2, 0) is 6.54 Å². The number of ether oxygens (including phenoxy) is 1. The monoisotopic (exact) mass is 244 g/mol. The maximum atomic E-state index is 5.25. The Balaban J connectivity index is 2.29. The van der Waals surface area contributed by atoms with Gasteiger partial charge in [-0.25, -0.2) is 4.98 Å². The van der Waals surface area contributed by atoms with E-state index in [0.717, 1.165) is 18.6 Å². The highest BCUT2D eigenvalue weighted by Gasteiger charge is 2.05. The van der Waals surface area contributed by atoms with Crippen LogP contribution in [0.2, 0.25) is 0 Å². The van der Waals surface area contributed by atoms with Gasteiger partial charge in [0.1, 0.15) is 0 Å². The number of nitrogens with zero attached hydrogens (tertiary/aromatic N) is 1. The van der Waals surface area contributed by atoms with Crippen molar-refractivity contribution in [3.05, 3.63) is 35.9 Å². The Morgan fingerprint density at radius 2 is 2.06 bits per heavy atom. The summed E-state index contributed by atoms with van der Waals surface area (Å²) in [4.78, 5) is 4.45. The maximum Gasteiger partial charge on any atom is 0.213 e. The van der Waals surface area contributed by atoms with Crippen LogP contribution in [0, 0.1) is 5.92 Å². The predicted octanol–water partition coefficient (Wildman–Crippen LogP) is 2.99. The van der Waals surface area contributed by atoms with Crippen molar-refractivity contribution in [1.82, 2.24) is 10.3 Å². The van der Waals surface area contributed by atoms with Crippen LogP contribution < -0.4 is 10.1 Å². The van der Waals surface area contributed by atoms with Crippen LogP contribution >= 0.6 is 0 Å². The van der Waals surface area contributed by atoms with Crippen LogP contribution in [0.4, 0.5) is 0 Å². The molecule has 1 heterocycles. The van der Waals surface area contributed by atoms with Crippen LogP contribution in [0.15, 0.2) is 30.3 Å². The van der Waals surface area contributed by atoms with E-state index >= 15 is 0 Å². The lowest BCUT2D eigenvalue weighted by atomic mass is 10.1. The normalized spacial score (nSPS) is 11.1. The summed E-state index contributed by atoms with van der Waals surface area (Å²) in [5.41, 5.74) is 2.22. The van der Waals surface area contributed by atoms with E-state index in [1.54, 1.807) is 7.11 Å². The molecule has 96 valence electrons. The number of pyridine rings is 1. The molecule has 0 amide bonds. The van der Waals surface area contributed by atoms with Gasteiger partial charge in [0.05, 0.1) is 12.6 Å². The second kappa shape index (κ2) is 5.83. The molecule has 3 nitrogen and oxygen atoms in total. The van der Waals surface area contributed by atoms with Crippen LogP contribution in [0.1, 0.15) is 19.4 Å². The standard InChI is InChI=1S/C15H20N2O/c1-11(2)9-16-10-12-8-15(18-3)17-14-7-5-4-6-13(12)14/h4-8,11,16H,9-10H2,1-3H3. The molecule has 2 rings (SSSR count). The molecule has 0 atom stereocenters. The largest absolute Gasteiger partial charge is 0.481 e. The molecule has 0 fully saturated rings. The molecule has 0 unspecified atom stereocenters. The van der Waals surface area contributed by atoms with E-state index in [1.807, 2.05) is 24.3 Å². The summed E-state index contributed by atoms with van der Waals surface area (Å²) >= 11 is 0. The molecule has 1 aromatic heterocycles. The molecule has 0 aliphatic carbocycles. The third-order valence-corrected chi connectivity index (χ3v) is 2.86. The number of methoxy groups -OCH3 is 1. The predicted molar refractivity (Wildman–Crippen MR) is 74.8 cm³/mol. The van der Waals surface area contributed by atoms with Gasteiger partial charge in [-0.1, -0.05) is 32.0 Å². The van der Waals surface area contributed by atoms with Crippen LogP contribution in [0.5, 0.6) is 5.88 Å². The first kappa shape index (κ1) is 12.8.